The summed E-state index contributed by atoms with van der Waals surface area (Å²) >= 11 is 0.656. The van der Waals surface area contributed by atoms with E-state index in [0.717, 1.165) is 33.9 Å². The number of halogens is 4. The molecule has 4 heterocycles. The number of likely N-dealkylation sites (N-methyl/N-ethyl adjacent to an activating group) is 3. The van der Waals surface area contributed by atoms with Crippen LogP contribution in [0.2, 0.25) is 0 Å². The summed E-state index contributed by atoms with van der Waals surface area (Å²) in [5.41, 5.74) is 13.5. The molecule has 15 amide bonds. The number of carboxylic acids is 1. The summed E-state index contributed by atoms with van der Waals surface area (Å²) in [5, 5.41) is 45.0. The number of nitrogens with zero attached hydrogens (tertiary/aromatic N) is 5. The molecule has 718 valence electrons. The van der Waals surface area contributed by atoms with Crippen LogP contribution in [0, 0.1) is 35.1 Å². The van der Waals surface area contributed by atoms with Gasteiger partial charge in [0.05, 0.1) is 12.3 Å². The zero-order valence-electron chi connectivity index (χ0n) is 75.5. The number of aromatic amines is 1. The molecule has 40 heteroatoms. The molecule has 3 fully saturated rings. The van der Waals surface area contributed by atoms with Crippen molar-refractivity contribution >= 4 is 117 Å². The van der Waals surface area contributed by atoms with Gasteiger partial charge >= 0.3 is 5.97 Å². The zero-order valence-corrected chi connectivity index (χ0v) is 76.3. The van der Waals surface area contributed by atoms with Gasteiger partial charge in [0.1, 0.15) is 90.1 Å². The molecule has 3 aliphatic heterocycles. The van der Waals surface area contributed by atoms with E-state index in [9.17, 15) is 47.8 Å². The van der Waals surface area contributed by atoms with Crippen molar-refractivity contribution in [2.75, 3.05) is 58.8 Å². The number of aliphatic carboxylic acids is 1. The number of hydrogen-bond donors (Lipinski definition) is 14. The van der Waals surface area contributed by atoms with E-state index in [1.54, 1.807) is 95.4 Å². The lowest BCUT2D eigenvalue weighted by atomic mass is 9.97. The van der Waals surface area contributed by atoms with Gasteiger partial charge in [-0.3, -0.25) is 76.7 Å². The highest BCUT2D eigenvalue weighted by Crippen LogP contribution is 2.29. The molecule has 16 N–H and O–H groups in total. The van der Waals surface area contributed by atoms with Crippen LogP contribution in [0.15, 0.2) is 121 Å². The molecule has 0 radical (unpaired) electrons. The van der Waals surface area contributed by atoms with Gasteiger partial charge in [0.25, 0.3) is 0 Å². The number of nitrogens with two attached hydrogens (primary N) is 2. The van der Waals surface area contributed by atoms with E-state index in [0.29, 0.717) is 77.2 Å². The van der Waals surface area contributed by atoms with Gasteiger partial charge in [-0.25, -0.2) is 17.6 Å². The third kappa shape index (κ3) is 28.8. The molecule has 3 aliphatic rings. The summed E-state index contributed by atoms with van der Waals surface area (Å²) in [6, 6.07) is 6.14. The van der Waals surface area contributed by atoms with Gasteiger partial charge in [0.15, 0.2) is 17.5 Å². The summed E-state index contributed by atoms with van der Waals surface area (Å²) in [6.07, 6.45) is -0.376. The van der Waals surface area contributed by atoms with Crippen molar-refractivity contribution < 1.29 is 104 Å². The predicted octanol–water partition coefficient (Wildman–Crippen LogP) is 2.74. The van der Waals surface area contributed by atoms with Crippen LogP contribution in [0.3, 0.4) is 0 Å². The molecule has 133 heavy (non-hydrogen) atoms. The molecule has 0 saturated carbocycles. The lowest BCUT2D eigenvalue weighted by molar-refractivity contribution is -0.152. The monoisotopic (exact) mass is 1870 g/mol. The highest BCUT2D eigenvalue weighted by atomic mass is 32.2. The number of hydrogen-bond acceptors (Lipinski definition) is 19. The second-order valence-electron chi connectivity index (χ2n) is 34.5. The number of benzene rings is 5. The molecule has 13 atom stereocenters. The molecular formula is C93H119F4N17O18S. The summed E-state index contributed by atoms with van der Waals surface area (Å²) in [6.45, 7) is 6.82. The van der Waals surface area contributed by atoms with Gasteiger partial charge in [0, 0.05) is 102 Å². The van der Waals surface area contributed by atoms with Crippen LogP contribution in [-0.4, -0.2) is 272 Å². The molecule has 0 aliphatic carbocycles. The third-order valence-corrected chi connectivity index (χ3v) is 24.9. The number of primary amides is 1. The third-order valence-electron chi connectivity index (χ3n) is 23.8. The molecule has 5 aromatic carbocycles. The molecule has 1 aromatic heterocycles. The minimum Gasteiger partial charge on any atom is -0.508 e. The molecule has 6 aromatic rings. The first-order valence-corrected chi connectivity index (χ1v) is 45.5. The van der Waals surface area contributed by atoms with E-state index in [1.807, 2.05) is 0 Å². The lowest BCUT2D eigenvalue weighted by Gasteiger charge is -2.38. The molecular weight excluding hydrogens is 1750 g/mol. The van der Waals surface area contributed by atoms with Crippen LogP contribution >= 0.6 is 11.8 Å². The number of H-pyrrole nitrogens is 1. The number of amides is 15. The molecule has 9 rings (SSSR count). The molecule has 3 saturated heterocycles. The van der Waals surface area contributed by atoms with E-state index < -0.39 is 259 Å². The number of para-hydroxylation sites is 1. The number of carboxylic acid groups (broad SMARTS) is 1. The molecule has 0 spiro atoms. The molecule has 35 nitrogen and oxygen atoms in total. The van der Waals surface area contributed by atoms with Crippen molar-refractivity contribution in [2.45, 2.75) is 216 Å². The number of piperidine rings is 1. The van der Waals surface area contributed by atoms with E-state index in [-0.39, 0.29) is 81.3 Å². The number of phenols is 1. The number of fused-ring (bicyclic) bond motifs is 3. The fraction of sp³-hybridized carbons (Fsp3) is 0.484. The Kier molecular flexibility index (Phi) is 38.2. The maximum atomic E-state index is 15.7. The topological polar surface area (TPSA) is 506 Å². The smallest absolute Gasteiger partial charge is 0.303 e. The van der Waals surface area contributed by atoms with Crippen LogP contribution in [0.25, 0.3) is 10.9 Å². The van der Waals surface area contributed by atoms with E-state index in [1.165, 1.54) is 60.3 Å². The quantitative estimate of drug-likeness (QED) is 0.0324. The fourth-order valence-corrected chi connectivity index (χ4v) is 17.3. The first-order chi connectivity index (χ1) is 63.2. The van der Waals surface area contributed by atoms with Crippen LogP contribution in [-0.2, 0) is 109 Å². The SMILES string of the molecule is CCCC[C@H]1C(=O)N2CCC[C@@H]2C(=O)N[C@@H](CN)C(=O)N[C@@H](C(C)C)C(=O)N(C)[C@@H](Cc2ccccc2)C(=O)N[C@@H](CCC(=O)O)C(=O)N2CCCC[C@@H]2C(=O)N[C@@H](Cc2c[nH]c3ccccc23)C(=O)N[C@@H](Cc2ccc(O)cc2)C(=O)N[C@@H](CC(C)C)C(=O)N[C@H](C(=O)NCC(N)=O)CSCC(=O)N[C@@H](Cc2cc(F)c(F)c(F)c2)C(=O)N(C)[C@@H](Cc2ccc(F)cc2)C(=O)N1C. The van der Waals surface area contributed by atoms with Crippen LogP contribution in [0.1, 0.15) is 133 Å². The van der Waals surface area contributed by atoms with Gasteiger partial charge in [-0.05, 0) is 133 Å². The first kappa shape index (κ1) is 104. The van der Waals surface area contributed by atoms with Crippen molar-refractivity contribution in [3.05, 3.63) is 173 Å². The largest absolute Gasteiger partial charge is 0.508 e. The highest BCUT2D eigenvalue weighted by Gasteiger charge is 2.46. The molecule has 0 unspecified atom stereocenters. The van der Waals surface area contributed by atoms with Crippen LogP contribution in [0.5, 0.6) is 5.75 Å². The number of phenolic OH excluding ortho intramolecular Hbond substituents is 1. The zero-order chi connectivity index (χ0) is 97.2. The maximum Gasteiger partial charge on any atom is 0.303 e. The fourth-order valence-electron chi connectivity index (χ4n) is 16.5. The Bertz CT molecular complexity index is 5150. The molecule has 0 bridgehead atoms. The summed E-state index contributed by atoms with van der Waals surface area (Å²) in [7, 11) is 3.70. The average Bonchev–Trinajstić information content (AvgIpc) is 1.74. The van der Waals surface area contributed by atoms with Crippen molar-refractivity contribution in [2.24, 2.45) is 23.3 Å². The lowest BCUT2D eigenvalue weighted by Crippen LogP contribution is -2.63. The Balaban J connectivity index is 1.13. The van der Waals surface area contributed by atoms with Gasteiger partial charge in [-0.2, -0.15) is 0 Å². The van der Waals surface area contributed by atoms with Crippen molar-refractivity contribution in [3.8, 4) is 5.75 Å². The Morgan fingerprint density at radius 3 is 1.69 bits per heavy atom. The predicted molar refractivity (Wildman–Crippen MR) is 483 cm³/mol. The average molecular weight is 1870 g/mol. The highest BCUT2D eigenvalue weighted by molar-refractivity contribution is 8.00. The Labute approximate surface area is 771 Å². The Hall–Kier alpha value is -13.0. The number of carbonyl (C=O) groups excluding carboxylic acids is 15. The van der Waals surface area contributed by atoms with E-state index in [2.05, 4.69) is 52.8 Å². The normalized spacial score (nSPS) is 23.7. The van der Waals surface area contributed by atoms with Gasteiger partial charge < -0.3 is 99.0 Å². The van der Waals surface area contributed by atoms with Crippen molar-refractivity contribution in [3.63, 3.8) is 0 Å². The number of nitrogens with one attached hydrogen (secondary N) is 10. The minimum atomic E-state index is -1.91. The van der Waals surface area contributed by atoms with Crippen LogP contribution in [0.4, 0.5) is 17.6 Å². The minimum absolute atomic E-state index is 0.0222. The summed E-state index contributed by atoms with van der Waals surface area (Å²) in [4.78, 5) is 246. The van der Waals surface area contributed by atoms with Gasteiger partial charge in [-0.1, -0.05) is 120 Å². The summed E-state index contributed by atoms with van der Waals surface area (Å²) < 4.78 is 59.8. The standard InChI is InChI=1S/C93H119F4N17O18S/c1-9-10-23-73-92(131)114-37-18-25-72(114)87(126)107-69(46-98)85(124)109-80(52(4)5)93(132)111(7)74(43-53-19-12-11-13-20-53)88(127)103-64(34-35-78(118)119)90(129)113-36-17-16-24-71(113)86(125)106-67(45-57-47-100-63-22-15-14-21-60(57)63)84(123)105-66(41-54-28-32-59(115)33-29-54)83(122)104-65(38-51(2)3)82(121)108-70(81(120)101-48-76(99)116)49-133-50-77(117)102-68(42-56-39-61(95)79(97)62(96)40-56)89(128)112(8)75(91(130)110(73)6)44-55-26-30-58(94)31-27-55/h11-15,19-22,26-33,39-40,47,51-52,64-75,80,100,115H,9-10,16-18,23-25,34-38,41-46,48-50,98H2,1-8H3,(H2,99,116)(H,101,120)(H,102,117)(H,103,127)(H,104,122)(H,105,123)(H,106,125)(H,107,126)(H,108,121)(H,109,124)(H,118,119)/t64-,65-,66-,67-,68-,69-,70-,71+,72+,73-,74-,75-,80-/m0/s1. The summed E-state index contributed by atoms with van der Waals surface area (Å²) in [5.74, 6) is -24.4. The van der Waals surface area contributed by atoms with Crippen molar-refractivity contribution in [1.29, 1.82) is 0 Å². The first-order valence-electron chi connectivity index (χ1n) is 44.4. The number of aromatic hydroxyl groups is 1. The van der Waals surface area contributed by atoms with Gasteiger partial charge in [-0.15, -0.1) is 11.8 Å². The van der Waals surface area contributed by atoms with Crippen molar-refractivity contribution in [1.82, 2.24) is 77.3 Å². The van der Waals surface area contributed by atoms with Crippen LogP contribution < -0.4 is 59.3 Å². The number of unbranched alkanes of at least 4 members (excludes halogenated alkanes) is 1. The van der Waals surface area contributed by atoms with Gasteiger partial charge in [0.2, 0.25) is 88.6 Å². The number of thioether (sulfide) groups is 1. The second-order valence-corrected chi connectivity index (χ2v) is 35.5. The van der Waals surface area contributed by atoms with E-state index in [4.69, 9.17) is 11.5 Å². The second kappa shape index (κ2) is 48.9. The Morgan fingerprint density at radius 1 is 0.526 bits per heavy atom. The number of carbonyl (C=O) groups is 16. The number of aromatic nitrogens is 1. The van der Waals surface area contributed by atoms with E-state index >= 15 is 56.7 Å². The number of rotatable bonds is 23. The maximum absolute atomic E-state index is 15.7. The Morgan fingerprint density at radius 2 is 1.06 bits per heavy atom.